The summed E-state index contributed by atoms with van der Waals surface area (Å²) >= 11 is 0. The lowest BCUT2D eigenvalue weighted by molar-refractivity contribution is 0.0697. The van der Waals surface area contributed by atoms with Gasteiger partial charge in [-0.3, -0.25) is 0 Å². The van der Waals surface area contributed by atoms with Crippen molar-refractivity contribution in [2.24, 2.45) is 0 Å². The Kier molecular flexibility index (Phi) is 3.19. The molecular formula is C12H16N2O3. The van der Waals surface area contributed by atoms with E-state index in [0.717, 1.165) is 25.2 Å². The van der Waals surface area contributed by atoms with Gasteiger partial charge in [0.15, 0.2) is 0 Å². The number of hydrogen-bond donors (Lipinski definition) is 2. The van der Waals surface area contributed by atoms with Gasteiger partial charge in [0, 0.05) is 20.2 Å². The SMILES string of the molecule is COC1CCN(c2ccc(C(=O)O)cc2N)C1. The number of nitrogen functional groups attached to an aromatic ring is 1. The van der Waals surface area contributed by atoms with Gasteiger partial charge < -0.3 is 20.5 Å². The first-order valence-corrected chi connectivity index (χ1v) is 5.52. The number of benzene rings is 1. The van der Waals surface area contributed by atoms with Crippen molar-refractivity contribution in [3.05, 3.63) is 23.8 Å². The van der Waals surface area contributed by atoms with Gasteiger partial charge in [0.05, 0.1) is 23.0 Å². The number of nitrogens with two attached hydrogens (primary N) is 1. The van der Waals surface area contributed by atoms with Crippen molar-refractivity contribution in [2.45, 2.75) is 12.5 Å². The molecule has 92 valence electrons. The number of hydrogen-bond acceptors (Lipinski definition) is 4. The number of carboxylic acids is 1. The molecule has 2 rings (SSSR count). The quantitative estimate of drug-likeness (QED) is 0.771. The van der Waals surface area contributed by atoms with Crippen molar-refractivity contribution < 1.29 is 14.6 Å². The van der Waals surface area contributed by atoms with Gasteiger partial charge in [-0.25, -0.2) is 4.79 Å². The Hall–Kier alpha value is -1.75. The molecular weight excluding hydrogens is 220 g/mol. The molecule has 1 aliphatic rings. The molecule has 1 aliphatic heterocycles. The summed E-state index contributed by atoms with van der Waals surface area (Å²) in [4.78, 5) is 12.9. The van der Waals surface area contributed by atoms with E-state index in [1.54, 1.807) is 19.2 Å². The largest absolute Gasteiger partial charge is 0.478 e. The minimum absolute atomic E-state index is 0.216. The normalized spacial score (nSPS) is 19.6. The van der Waals surface area contributed by atoms with Gasteiger partial charge >= 0.3 is 5.97 Å². The minimum atomic E-state index is -0.959. The molecule has 5 nitrogen and oxygen atoms in total. The molecule has 1 heterocycles. The van der Waals surface area contributed by atoms with Crippen LogP contribution in [0.1, 0.15) is 16.8 Å². The molecule has 0 spiro atoms. The van der Waals surface area contributed by atoms with E-state index in [2.05, 4.69) is 4.90 Å². The first-order chi connectivity index (χ1) is 8.11. The number of aromatic carboxylic acids is 1. The van der Waals surface area contributed by atoms with Crippen LogP contribution in [0.3, 0.4) is 0 Å². The van der Waals surface area contributed by atoms with Gasteiger partial charge in [0.1, 0.15) is 0 Å². The van der Waals surface area contributed by atoms with Crippen LogP contribution in [-0.4, -0.2) is 37.4 Å². The van der Waals surface area contributed by atoms with Gasteiger partial charge in [0.2, 0.25) is 0 Å². The Labute approximate surface area is 99.8 Å². The molecule has 0 saturated carbocycles. The molecule has 3 N–H and O–H groups in total. The third-order valence-electron chi connectivity index (χ3n) is 3.09. The minimum Gasteiger partial charge on any atom is -0.478 e. The zero-order valence-corrected chi connectivity index (χ0v) is 9.72. The topological polar surface area (TPSA) is 75.8 Å². The van der Waals surface area contributed by atoms with E-state index in [1.807, 2.05) is 0 Å². The number of ether oxygens (including phenoxy) is 1. The molecule has 1 atom stereocenters. The van der Waals surface area contributed by atoms with E-state index in [0.29, 0.717) is 5.69 Å². The monoisotopic (exact) mass is 236 g/mol. The summed E-state index contributed by atoms with van der Waals surface area (Å²) in [6.45, 7) is 1.68. The van der Waals surface area contributed by atoms with Gasteiger partial charge in [0.25, 0.3) is 0 Å². The number of nitrogens with zero attached hydrogens (tertiary/aromatic N) is 1. The van der Waals surface area contributed by atoms with Crippen molar-refractivity contribution >= 4 is 17.3 Å². The molecule has 1 fully saturated rings. The maximum atomic E-state index is 10.8. The highest BCUT2D eigenvalue weighted by molar-refractivity contribution is 5.90. The molecule has 1 aromatic rings. The predicted octanol–water partition coefficient (Wildman–Crippen LogP) is 1.19. The van der Waals surface area contributed by atoms with Crippen LogP contribution in [0, 0.1) is 0 Å². The molecule has 1 saturated heterocycles. The summed E-state index contributed by atoms with van der Waals surface area (Å²) in [5, 5.41) is 8.86. The lowest BCUT2D eigenvalue weighted by Crippen LogP contribution is -2.23. The van der Waals surface area contributed by atoms with Gasteiger partial charge in [-0.15, -0.1) is 0 Å². The average Bonchev–Trinajstić information content (AvgIpc) is 2.77. The van der Waals surface area contributed by atoms with Crippen molar-refractivity contribution in [1.29, 1.82) is 0 Å². The van der Waals surface area contributed by atoms with E-state index in [4.69, 9.17) is 15.6 Å². The molecule has 0 amide bonds. The summed E-state index contributed by atoms with van der Waals surface area (Å²) in [6.07, 6.45) is 1.20. The van der Waals surface area contributed by atoms with Gasteiger partial charge in [-0.05, 0) is 24.6 Å². The molecule has 17 heavy (non-hydrogen) atoms. The Morgan fingerprint density at radius 1 is 1.59 bits per heavy atom. The first kappa shape index (κ1) is 11.7. The van der Waals surface area contributed by atoms with Crippen LogP contribution in [0.25, 0.3) is 0 Å². The molecule has 1 unspecified atom stereocenters. The van der Waals surface area contributed by atoms with Crippen molar-refractivity contribution in [3.8, 4) is 0 Å². The average molecular weight is 236 g/mol. The van der Waals surface area contributed by atoms with E-state index < -0.39 is 5.97 Å². The Morgan fingerprint density at radius 3 is 2.88 bits per heavy atom. The zero-order chi connectivity index (χ0) is 12.4. The van der Waals surface area contributed by atoms with E-state index in [9.17, 15) is 4.79 Å². The summed E-state index contributed by atoms with van der Waals surface area (Å²) in [7, 11) is 1.70. The second-order valence-electron chi connectivity index (χ2n) is 4.17. The number of rotatable bonds is 3. The predicted molar refractivity (Wildman–Crippen MR) is 65.4 cm³/mol. The fraction of sp³-hybridized carbons (Fsp3) is 0.417. The molecule has 1 aromatic carbocycles. The lowest BCUT2D eigenvalue weighted by atomic mass is 10.1. The Balaban J connectivity index is 2.20. The van der Waals surface area contributed by atoms with Crippen molar-refractivity contribution in [3.63, 3.8) is 0 Å². The number of carboxylic acid groups (broad SMARTS) is 1. The highest BCUT2D eigenvalue weighted by Crippen LogP contribution is 2.28. The molecule has 0 aliphatic carbocycles. The molecule has 5 heteroatoms. The smallest absolute Gasteiger partial charge is 0.335 e. The first-order valence-electron chi connectivity index (χ1n) is 5.52. The zero-order valence-electron chi connectivity index (χ0n) is 9.72. The summed E-state index contributed by atoms with van der Waals surface area (Å²) in [5.41, 5.74) is 7.48. The van der Waals surface area contributed by atoms with E-state index in [-0.39, 0.29) is 11.7 Å². The van der Waals surface area contributed by atoms with Gasteiger partial charge in [-0.2, -0.15) is 0 Å². The van der Waals surface area contributed by atoms with Crippen LogP contribution in [0.2, 0.25) is 0 Å². The van der Waals surface area contributed by atoms with Crippen molar-refractivity contribution in [2.75, 3.05) is 30.8 Å². The van der Waals surface area contributed by atoms with Crippen molar-refractivity contribution in [1.82, 2.24) is 0 Å². The van der Waals surface area contributed by atoms with Crippen LogP contribution in [0.5, 0.6) is 0 Å². The number of carbonyl (C=O) groups is 1. The molecule has 0 radical (unpaired) electrons. The number of anilines is 2. The Morgan fingerprint density at radius 2 is 2.35 bits per heavy atom. The second kappa shape index (κ2) is 4.63. The van der Waals surface area contributed by atoms with Crippen LogP contribution < -0.4 is 10.6 Å². The van der Waals surface area contributed by atoms with E-state index >= 15 is 0 Å². The van der Waals surface area contributed by atoms with E-state index in [1.165, 1.54) is 6.07 Å². The fourth-order valence-corrected chi connectivity index (χ4v) is 2.11. The fourth-order valence-electron chi connectivity index (χ4n) is 2.11. The highest BCUT2D eigenvalue weighted by atomic mass is 16.5. The summed E-state index contributed by atoms with van der Waals surface area (Å²) in [6, 6.07) is 4.84. The summed E-state index contributed by atoms with van der Waals surface area (Å²) < 4.78 is 5.29. The maximum Gasteiger partial charge on any atom is 0.335 e. The molecule has 0 aromatic heterocycles. The Bertz CT molecular complexity index is 434. The third kappa shape index (κ3) is 2.34. The summed E-state index contributed by atoms with van der Waals surface area (Å²) in [5.74, 6) is -0.959. The second-order valence-corrected chi connectivity index (χ2v) is 4.17. The molecule has 0 bridgehead atoms. The van der Waals surface area contributed by atoms with Crippen LogP contribution in [0.15, 0.2) is 18.2 Å². The third-order valence-corrected chi connectivity index (χ3v) is 3.09. The van der Waals surface area contributed by atoms with Gasteiger partial charge in [-0.1, -0.05) is 0 Å². The maximum absolute atomic E-state index is 10.8. The standard InChI is InChI=1S/C12H16N2O3/c1-17-9-4-5-14(7-9)11-3-2-8(12(15)16)6-10(11)13/h2-3,6,9H,4-5,7,13H2,1H3,(H,15,16). The van der Waals surface area contributed by atoms with Crippen LogP contribution in [0.4, 0.5) is 11.4 Å². The number of methoxy groups -OCH3 is 1. The van der Waals surface area contributed by atoms with Crippen LogP contribution >= 0.6 is 0 Å². The van der Waals surface area contributed by atoms with Crippen LogP contribution in [-0.2, 0) is 4.74 Å². The highest BCUT2D eigenvalue weighted by Gasteiger charge is 2.23. The lowest BCUT2D eigenvalue weighted by Gasteiger charge is -2.20.